The number of aromatic nitrogens is 2. The largest absolute Gasteiger partial charge is 0.487 e. The van der Waals surface area contributed by atoms with Crippen LogP contribution in [-0.4, -0.2) is 27.7 Å². The van der Waals surface area contributed by atoms with Crippen molar-refractivity contribution in [2.45, 2.75) is 39.0 Å². The van der Waals surface area contributed by atoms with Gasteiger partial charge in [0.05, 0.1) is 12.9 Å². The van der Waals surface area contributed by atoms with E-state index in [0.717, 1.165) is 18.8 Å². The van der Waals surface area contributed by atoms with Gasteiger partial charge in [0.1, 0.15) is 11.9 Å². The molecule has 1 aromatic carbocycles. The zero-order valence-corrected chi connectivity index (χ0v) is 13.5. The zero-order valence-electron chi connectivity index (χ0n) is 12.7. The molecule has 0 saturated heterocycles. The number of rotatable bonds is 6. The first-order valence-corrected chi connectivity index (χ1v) is 7.43. The minimum Gasteiger partial charge on any atom is -0.487 e. The van der Waals surface area contributed by atoms with E-state index in [2.05, 4.69) is 31.1 Å². The quantitative estimate of drug-likeness (QED) is 0.889. The molecule has 0 saturated carbocycles. The molecule has 0 spiro atoms. The van der Waals surface area contributed by atoms with Gasteiger partial charge in [0.15, 0.2) is 0 Å². The molecule has 2 aromatic rings. The lowest BCUT2D eigenvalue weighted by Gasteiger charge is -2.26. The average Bonchev–Trinajstić information content (AvgIpc) is 2.91. The lowest BCUT2D eigenvalue weighted by molar-refractivity contribution is 0.166. The van der Waals surface area contributed by atoms with Crippen molar-refractivity contribution in [2.75, 3.05) is 6.54 Å². The van der Waals surface area contributed by atoms with Gasteiger partial charge < -0.3 is 14.6 Å². The van der Waals surface area contributed by atoms with Gasteiger partial charge in [-0.1, -0.05) is 11.6 Å². The molecule has 0 aliphatic rings. The molecule has 1 unspecified atom stereocenters. The van der Waals surface area contributed by atoms with Gasteiger partial charge in [0.2, 0.25) is 0 Å². The van der Waals surface area contributed by atoms with E-state index in [1.165, 1.54) is 0 Å². The first-order valence-electron chi connectivity index (χ1n) is 7.05. The maximum absolute atomic E-state index is 6.07. The molecule has 5 heteroatoms. The smallest absolute Gasteiger partial charge is 0.129 e. The highest BCUT2D eigenvalue weighted by atomic mass is 35.5. The Balaban J connectivity index is 2.01. The number of benzene rings is 1. The summed E-state index contributed by atoms with van der Waals surface area (Å²) in [5, 5.41) is 4.19. The summed E-state index contributed by atoms with van der Waals surface area (Å²) in [5.74, 6) is 0.820. The van der Waals surface area contributed by atoms with E-state index in [4.69, 9.17) is 16.3 Å². The lowest BCUT2D eigenvalue weighted by atomic mass is 10.1. The second-order valence-electron chi connectivity index (χ2n) is 6.08. The van der Waals surface area contributed by atoms with Gasteiger partial charge in [-0.15, -0.1) is 0 Å². The van der Waals surface area contributed by atoms with Crippen LogP contribution in [0.2, 0.25) is 5.02 Å². The fourth-order valence-electron chi connectivity index (χ4n) is 1.90. The Kier molecular flexibility index (Phi) is 5.26. The molecule has 1 N–H and O–H groups in total. The van der Waals surface area contributed by atoms with Crippen LogP contribution in [0, 0.1) is 0 Å². The van der Waals surface area contributed by atoms with Crippen LogP contribution in [0.5, 0.6) is 5.75 Å². The van der Waals surface area contributed by atoms with E-state index in [0.29, 0.717) is 5.02 Å². The summed E-state index contributed by atoms with van der Waals surface area (Å²) in [6.45, 7) is 7.92. The topological polar surface area (TPSA) is 39.1 Å². The Hall–Kier alpha value is -1.52. The number of nitrogens with one attached hydrogen (secondary N) is 1. The van der Waals surface area contributed by atoms with E-state index in [1.54, 1.807) is 12.5 Å². The van der Waals surface area contributed by atoms with Crippen molar-refractivity contribution < 1.29 is 4.74 Å². The van der Waals surface area contributed by atoms with Gasteiger partial charge in [-0.25, -0.2) is 4.98 Å². The first-order chi connectivity index (χ1) is 9.92. The van der Waals surface area contributed by atoms with Crippen molar-refractivity contribution in [3.63, 3.8) is 0 Å². The third kappa shape index (κ3) is 5.78. The third-order valence-corrected chi connectivity index (χ3v) is 3.20. The van der Waals surface area contributed by atoms with Crippen LogP contribution >= 0.6 is 11.6 Å². The van der Waals surface area contributed by atoms with Crippen molar-refractivity contribution in [1.29, 1.82) is 0 Å². The van der Waals surface area contributed by atoms with Crippen molar-refractivity contribution in [2.24, 2.45) is 0 Å². The molecule has 0 aliphatic heterocycles. The molecule has 0 amide bonds. The predicted molar refractivity (Wildman–Crippen MR) is 85.9 cm³/mol. The summed E-state index contributed by atoms with van der Waals surface area (Å²) >= 11 is 5.90. The predicted octanol–water partition coefficient (Wildman–Crippen LogP) is 3.37. The standard InChI is InChI=1S/C16H22ClN3O/c1-16(2,3)19-10-15(11-20-9-8-18-12-20)21-14-6-4-13(17)5-7-14/h4-9,12,15,19H,10-11H2,1-3H3. The second-order valence-corrected chi connectivity index (χ2v) is 6.52. The molecule has 21 heavy (non-hydrogen) atoms. The normalized spacial score (nSPS) is 13.1. The molecule has 0 aliphatic carbocycles. The Labute approximate surface area is 131 Å². The molecule has 114 valence electrons. The highest BCUT2D eigenvalue weighted by Crippen LogP contribution is 2.17. The summed E-state index contributed by atoms with van der Waals surface area (Å²) in [6, 6.07) is 7.45. The van der Waals surface area contributed by atoms with Gasteiger partial charge in [-0.2, -0.15) is 0 Å². The van der Waals surface area contributed by atoms with Crippen molar-refractivity contribution >= 4 is 11.6 Å². The van der Waals surface area contributed by atoms with Crippen LogP contribution in [0.15, 0.2) is 43.0 Å². The Bertz CT molecular complexity index is 532. The monoisotopic (exact) mass is 307 g/mol. The minimum atomic E-state index is 0.0135. The third-order valence-electron chi connectivity index (χ3n) is 2.95. The van der Waals surface area contributed by atoms with Gasteiger partial charge in [0, 0.05) is 29.5 Å². The number of imidazole rings is 1. The number of hydrogen-bond donors (Lipinski definition) is 1. The lowest BCUT2D eigenvalue weighted by Crippen LogP contribution is -2.44. The van der Waals surface area contributed by atoms with Gasteiger partial charge in [0.25, 0.3) is 0 Å². The summed E-state index contributed by atoms with van der Waals surface area (Å²) in [4.78, 5) is 4.07. The highest BCUT2D eigenvalue weighted by Gasteiger charge is 2.16. The van der Waals surface area contributed by atoms with Crippen LogP contribution in [0.1, 0.15) is 20.8 Å². The minimum absolute atomic E-state index is 0.0135. The van der Waals surface area contributed by atoms with Crippen LogP contribution in [-0.2, 0) is 6.54 Å². The molecule has 4 nitrogen and oxygen atoms in total. The van der Waals surface area contributed by atoms with Crippen molar-refractivity contribution in [1.82, 2.24) is 14.9 Å². The highest BCUT2D eigenvalue weighted by molar-refractivity contribution is 6.30. The molecule has 1 atom stereocenters. The van der Waals surface area contributed by atoms with Gasteiger partial charge in [-0.3, -0.25) is 0 Å². The van der Waals surface area contributed by atoms with Crippen LogP contribution in [0.25, 0.3) is 0 Å². The molecule has 0 bridgehead atoms. The van der Waals surface area contributed by atoms with Crippen LogP contribution in [0.3, 0.4) is 0 Å². The second kappa shape index (κ2) is 6.96. The molecule has 1 heterocycles. The summed E-state index contributed by atoms with van der Waals surface area (Å²) in [7, 11) is 0. The van der Waals surface area contributed by atoms with Crippen LogP contribution < -0.4 is 10.1 Å². The molecular weight excluding hydrogens is 286 g/mol. The SMILES string of the molecule is CC(C)(C)NCC(Cn1ccnc1)Oc1ccc(Cl)cc1. The first kappa shape index (κ1) is 15.9. The van der Waals surface area contributed by atoms with Gasteiger partial charge >= 0.3 is 0 Å². The Morgan fingerprint density at radius 3 is 2.57 bits per heavy atom. The van der Waals surface area contributed by atoms with Crippen molar-refractivity contribution in [3.05, 3.63) is 48.0 Å². The molecule has 0 radical (unpaired) electrons. The summed E-state index contributed by atoms with van der Waals surface area (Å²) in [6.07, 6.45) is 5.53. The van der Waals surface area contributed by atoms with E-state index < -0.39 is 0 Å². The van der Waals surface area contributed by atoms with E-state index >= 15 is 0 Å². The average molecular weight is 308 g/mol. The van der Waals surface area contributed by atoms with Crippen molar-refractivity contribution in [3.8, 4) is 5.75 Å². The molecular formula is C16H22ClN3O. The Morgan fingerprint density at radius 2 is 2.00 bits per heavy atom. The van der Waals surface area contributed by atoms with Crippen LogP contribution in [0.4, 0.5) is 0 Å². The molecule has 0 fully saturated rings. The fourth-order valence-corrected chi connectivity index (χ4v) is 2.02. The molecule has 2 rings (SSSR count). The molecule has 1 aromatic heterocycles. The number of hydrogen-bond acceptors (Lipinski definition) is 3. The maximum Gasteiger partial charge on any atom is 0.129 e. The number of nitrogens with zero attached hydrogens (tertiary/aromatic N) is 2. The number of ether oxygens (including phenoxy) is 1. The zero-order chi connectivity index (χ0) is 15.3. The van der Waals surface area contributed by atoms with Gasteiger partial charge in [-0.05, 0) is 45.0 Å². The van der Waals surface area contributed by atoms with E-state index in [9.17, 15) is 0 Å². The van der Waals surface area contributed by atoms with E-state index in [-0.39, 0.29) is 11.6 Å². The van der Waals surface area contributed by atoms with E-state index in [1.807, 2.05) is 35.0 Å². The fraction of sp³-hybridized carbons (Fsp3) is 0.438. The number of halogens is 1. The Morgan fingerprint density at radius 1 is 1.29 bits per heavy atom. The maximum atomic E-state index is 6.07. The summed E-state index contributed by atoms with van der Waals surface area (Å²) in [5.41, 5.74) is 0.0521. The summed E-state index contributed by atoms with van der Waals surface area (Å²) < 4.78 is 8.09.